The molecule has 0 heterocycles. The Morgan fingerprint density at radius 1 is 0.893 bits per heavy atom. The highest BCUT2D eigenvalue weighted by Gasteiger charge is 2.76. The number of allylic oxidation sites excluding steroid dienone is 1. The van der Waals surface area contributed by atoms with Gasteiger partial charge in [-0.05, 0) is 47.0 Å². The number of hydrogen-bond acceptors (Lipinski definition) is 6. The minimum atomic E-state index is -2.12. The molecule has 28 heavy (non-hydrogen) atoms. The topological polar surface area (TPSA) is 93.1 Å². The van der Waals surface area contributed by atoms with Crippen LogP contribution >= 0.6 is 0 Å². The first-order valence-electron chi connectivity index (χ1n) is 10.4. The lowest BCUT2D eigenvalue weighted by atomic mass is 9.51. The number of ether oxygens (including phenoxy) is 2. The van der Waals surface area contributed by atoms with E-state index in [-0.39, 0.29) is 30.1 Å². The molecule has 0 saturated carbocycles. The summed E-state index contributed by atoms with van der Waals surface area (Å²) < 4.78 is 11.6. The van der Waals surface area contributed by atoms with Crippen molar-refractivity contribution in [2.45, 2.75) is 97.9 Å². The van der Waals surface area contributed by atoms with Gasteiger partial charge in [0.1, 0.15) is 11.2 Å². The lowest BCUT2D eigenvalue weighted by Crippen LogP contribution is -2.70. The molecule has 0 saturated heterocycles. The number of carbonyl (C=O) groups is 2. The second kappa shape index (κ2) is 8.27. The van der Waals surface area contributed by atoms with Gasteiger partial charge in [-0.2, -0.15) is 0 Å². The van der Waals surface area contributed by atoms with Crippen molar-refractivity contribution in [1.29, 1.82) is 0 Å². The molecule has 0 aliphatic heterocycles. The second-order valence-corrected chi connectivity index (χ2v) is 8.30. The molecule has 2 rings (SSSR count). The van der Waals surface area contributed by atoms with Crippen LogP contribution in [0.25, 0.3) is 0 Å². The highest BCUT2D eigenvalue weighted by molar-refractivity contribution is 6.20. The fraction of sp³-hybridized carbons (Fsp3) is 0.727. The molecule has 0 radical (unpaired) electrons. The van der Waals surface area contributed by atoms with Crippen molar-refractivity contribution >= 4 is 11.6 Å². The number of unbranched alkanes of at least 4 members (excludes halogenated alkanes) is 2. The molecule has 158 valence electrons. The van der Waals surface area contributed by atoms with Gasteiger partial charge in [0.15, 0.2) is 11.5 Å². The first kappa shape index (κ1) is 22.5. The standard InChI is InChI=1S/C22H34O6/c1-7-9-11-15-17(24)22(26,19(15)27-13(3)4)21(12-10-8-2)18(25)16(23)20(21)28-14(5)6/h13-14,23,26H,7-12H2,1-6H3. The third-order valence-electron chi connectivity index (χ3n) is 5.42. The van der Waals surface area contributed by atoms with E-state index < -0.39 is 28.3 Å². The molecule has 0 aromatic rings. The van der Waals surface area contributed by atoms with E-state index in [2.05, 4.69) is 0 Å². The van der Waals surface area contributed by atoms with Gasteiger partial charge in [0, 0.05) is 5.57 Å². The van der Waals surface area contributed by atoms with Crippen LogP contribution in [-0.4, -0.2) is 39.6 Å². The molecule has 0 amide bonds. The van der Waals surface area contributed by atoms with Gasteiger partial charge in [-0.25, -0.2) is 0 Å². The monoisotopic (exact) mass is 394 g/mol. The van der Waals surface area contributed by atoms with E-state index >= 15 is 0 Å². The van der Waals surface area contributed by atoms with Gasteiger partial charge in [-0.15, -0.1) is 0 Å². The summed E-state index contributed by atoms with van der Waals surface area (Å²) in [6, 6.07) is 0. The number of aliphatic hydroxyl groups is 2. The van der Waals surface area contributed by atoms with Crippen LogP contribution in [0.2, 0.25) is 0 Å². The molecule has 2 atom stereocenters. The number of hydrogen-bond donors (Lipinski definition) is 2. The summed E-state index contributed by atoms with van der Waals surface area (Å²) in [5.41, 5.74) is -3.30. The van der Waals surface area contributed by atoms with E-state index in [1.54, 1.807) is 13.8 Å². The number of carbonyl (C=O) groups excluding carboxylic acids is 2. The third-order valence-corrected chi connectivity index (χ3v) is 5.42. The summed E-state index contributed by atoms with van der Waals surface area (Å²) in [6.45, 7) is 11.2. The van der Waals surface area contributed by atoms with Crippen molar-refractivity contribution in [3.05, 3.63) is 22.9 Å². The van der Waals surface area contributed by atoms with Crippen molar-refractivity contribution in [2.75, 3.05) is 0 Å². The van der Waals surface area contributed by atoms with Crippen molar-refractivity contribution in [3.8, 4) is 0 Å². The molecule has 0 bridgehead atoms. The Morgan fingerprint density at radius 2 is 1.43 bits per heavy atom. The third kappa shape index (κ3) is 3.15. The van der Waals surface area contributed by atoms with Crippen LogP contribution in [0.1, 0.15) is 80.1 Å². The van der Waals surface area contributed by atoms with Gasteiger partial charge in [0.25, 0.3) is 0 Å². The van der Waals surface area contributed by atoms with Crippen molar-refractivity contribution in [2.24, 2.45) is 5.41 Å². The molecule has 2 aliphatic carbocycles. The fourth-order valence-electron chi connectivity index (χ4n) is 4.06. The zero-order chi connectivity index (χ0) is 21.3. The summed E-state index contributed by atoms with van der Waals surface area (Å²) in [5.74, 6) is -1.46. The van der Waals surface area contributed by atoms with E-state index in [0.717, 1.165) is 19.3 Å². The Bertz CT molecular complexity index is 702. The summed E-state index contributed by atoms with van der Waals surface area (Å²) in [7, 11) is 0. The lowest BCUT2D eigenvalue weighted by Gasteiger charge is -2.55. The zero-order valence-corrected chi connectivity index (χ0v) is 17.9. The van der Waals surface area contributed by atoms with Gasteiger partial charge in [0.2, 0.25) is 17.2 Å². The van der Waals surface area contributed by atoms with Crippen LogP contribution in [0.15, 0.2) is 22.9 Å². The molecule has 2 unspecified atom stereocenters. The number of Topliss-reactive ketones (excluding diaryl/α,β-unsaturated/α-hetero) is 2. The van der Waals surface area contributed by atoms with Crippen LogP contribution < -0.4 is 0 Å². The predicted octanol–water partition coefficient (Wildman–Crippen LogP) is 4.12. The van der Waals surface area contributed by atoms with Gasteiger partial charge in [-0.1, -0.05) is 33.1 Å². The molecule has 0 aromatic heterocycles. The first-order chi connectivity index (χ1) is 13.1. The molecule has 0 spiro atoms. The average Bonchev–Trinajstić information content (AvgIpc) is 2.65. The highest BCUT2D eigenvalue weighted by Crippen LogP contribution is 2.61. The largest absolute Gasteiger partial charge is 0.502 e. The van der Waals surface area contributed by atoms with E-state index in [4.69, 9.17) is 9.47 Å². The fourth-order valence-corrected chi connectivity index (χ4v) is 4.06. The predicted molar refractivity (Wildman–Crippen MR) is 106 cm³/mol. The highest BCUT2D eigenvalue weighted by atomic mass is 16.5. The SMILES string of the molecule is CCCCC1=C(OC(C)C)C(O)(C2(CCCC)C(=O)C(O)=C2OC(C)C)C1=O. The van der Waals surface area contributed by atoms with Crippen LogP contribution in [-0.2, 0) is 19.1 Å². The molecular weight excluding hydrogens is 360 g/mol. The maximum absolute atomic E-state index is 13.2. The second-order valence-electron chi connectivity index (χ2n) is 8.30. The summed E-state index contributed by atoms with van der Waals surface area (Å²) in [6.07, 6.45) is 3.16. The lowest BCUT2D eigenvalue weighted by molar-refractivity contribution is -0.180. The molecule has 6 heteroatoms. The Kier molecular flexibility index (Phi) is 6.64. The molecule has 0 aromatic carbocycles. The normalized spacial score (nSPS) is 27.5. The quantitative estimate of drug-likeness (QED) is 0.547. The van der Waals surface area contributed by atoms with Crippen molar-refractivity contribution in [3.63, 3.8) is 0 Å². The zero-order valence-electron chi connectivity index (χ0n) is 17.9. The Hall–Kier alpha value is -1.82. The molecule has 6 nitrogen and oxygen atoms in total. The van der Waals surface area contributed by atoms with Crippen LogP contribution in [0.5, 0.6) is 0 Å². The van der Waals surface area contributed by atoms with E-state index in [0.29, 0.717) is 18.4 Å². The van der Waals surface area contributed by atoms with E-state index in [1.807, 2.05) is 27.7 Å². The molecular formula is C22H34O6. The van der Waals surface area contributed by atoms with Gasteiger partial charge < -0.3 is 19.7 Å². The number of ketones is 2. The van der Waals surface area contributed by atoms with Crippen molar-refractivity contribution in [1.82, 2.24) is 0 Å². The van der Waals surface area contributed by atoms with Crippen LogP contribution in [0.3, 0.4) is 0 Å². The van der Waals surface area contributed by atoms with E-state index in [1.165, 1.54) is 0 Å². The molecule has 0 fully saturated rings. The van der Waals surface area contributed by atoms with E-state index in [9.17, 15) is 19.8 Å². The van der Waals surface area contributed by atoms with Crippen LogP contribution in [0, 0.1) is 5.41 Å². The minimum Gasteiger partial charge on any atom is -0.502 e. The van der Waals surface area contributed by atoms with Gasteiger partial charge >= 0.3 is 0 Å². The summed E-state index contributed by atoms with van der Waals surface area (Å²) >= 11 is 0. The van der Waals surface area contributed by atoms with Crippen molar-refractivity contribution < 1.29 is 29.3 Å². The Morgan fingerprint density at radius 3 is 1.93 bits per heavy atom. The minimum absolute atomic E-state index is 0.0104. The van der Waals surface area contributed by atoms with Gasteiger partial charge in [-0.3, -0.25) is 9.59 Å². The average molecular weight is 395 g/mol. The summed E-state index contributed by atoms with van der Waals surface area (Å²) in [4.78, 5) is 26.1. The molecule has 2 aliphatic rings. The van der Waals surface area contributed by atoms with Gasteiger partial charge in [0.05, 0.1) is 12.2 Å². The molecule has 2 N–H and O–H groups in total. The maximum atomic E-state index is 13.2. The number of rotatable bonds is 11. The van der Waals surface area contributed by atoms with Crippen LogP contribution in [0.4, 0.5) is 0 Å². The number of aliphatic hydroxyl groups excluding tert-OH is 1. The maximum Gasteiger partial charge on any atom is 0.218 e. The smallest absolute Gasteiger partial charge is 0.218 e. The Balaban J connectivity index is 2.61. The first-order valence-corrected chi connectivity index (χ1v) is 10.4. The Labute approximate surface area is 167 Å². The summed E-state index contributed by atoms with van der Waals surface area (Å²) in [5, 5.41) is 21.9.